The van der Waals surface area contributed by atoms with Gasteiger partial charge in [0.1, 0.15) is 16.7 Å². The van der Waals surface area contributed by atoms with Gasteiger partial charge in [-0.25, -0.2) is 8.42 Å². The van der Waals surface area contributed by atoms with Crippen LogP contribution in [0.4, 0.5) is 0 Å². The number of nitriles is 1. The van der Waals surface area contributed by atoms with E-state index in [0.29, 0.717) is 22.9 Å². The molecule has 4 nitrogen and oxygen atoms in total. The van der Waals surface area contributed by atoms with E-state index in [2.05, 4.69) is 0 Å². The van der Waals surface area contributed by atoms with Gasteiger partial charge in [0.25, 0.3) is 0 Å². The van der Waals surface area contributed by atoms with Gasteiger partial charge < -0.3 is 4.74 Å². The van der Waals surface area contributed by atoms with Crippen molar-refractivity contribution in [1.82, 2.24) is 0 Å². The average molecular weight is 348 g/mol. The van der Waals surface area contributed by atoms with E-state index in [-0.39, 0.29) is 9.80 Å². The standard InChI is InChI=1S/C17H14ClNO3S/c1-2-22-15-7-3-13(4-8-15)11-17(12-19)23(20,21)16-9-5-14(18)6-10-16/h3-11H,2H2,1H3/b17-11+. The van der Waals surface area contributed by atoms with E-state index in [4.69, 9.17) is 16.3 Å². The molecule has 0 unspecified atom stereocenters. The lowest BCUT2D eigenvalue weighted by Crippen LogP contribution is -2.03. The molecule has 0 N–H and O–H groups in total. The lowest BCUT2D eigenvalue weighted by Gasteiger charge is -2.05. The van der Waals surface area contributed by atoms with E-state index in [0.717, 1.165) is 0 Å². The minimum absolute atomic E-state index is 0.0284. The Balaban J connectivity index is 2.38. The minimum atomic E-state index is -3.88. The molecule has 2 aromatic carbocycles. The summed E-state index contributed by atoms with van der Waals surface area (Å²) in [6.45, 7) is 2.42. The van der Waals surface area contributed by atoms with Crippen LogP contribution in [0.25, 0.3) is 6.08 Å². The SMILES string of the molecule is CCOc1ccc(/C=C(\C#N)S(=O)(=O)c2ccc(Cl)cc2)cc1. The molecule has 0 saturated heterocycles. The van der Waals surface area contributed by atoms with Gasteiger partial charge in [-0.1, -0.05) is 23.7 Å². The fourth-order valence-electron chi connectivity index (χ4n) is 1.89. The van der Waals surface area contributed by atoms with Crippen LogP contribution in [0.2, 0.25) is 5.02 Å². The van der Waals surface area contributed by atoms with Crippen molar-refractivity contribution in [3.8, 4) is 11.8 Å². The maximum absolute atomic E-state index is 12.5. The molecule has 0 fully saturated rings. The molecule has 118 valence electrons. The van der Waals surface area contributed by atoms with E-state index < -0.39 is 9.84 Å². The predicted molar refractivity (Wildman–Crippen MR) is 89.8 cm³/mol. The number of halogens is 1. The Morgan fingerprint density at radius 2 is 1.78 bits per heavy atom. The van der Waals surface area contributed by atoms with E-state index in [9.17, 15) is 13.7 Å². The lowest BCUT2D eigenvalue weighted by atomic mass is 10.2. The molecule has 0 atom stereocenters. The number of hydrogen-bond acceptors (Lipinski definition) is 4. The third-order valence-corrected chi connectivity index (χ3v) is 4.95. The highest BCUT2D eigenvalue weighted by Crippen LogP contribution is 2.23. The third kappa shape index (κ3) is 4.13. The molecular formula is C17H14ClNO3S. The Hall–Kier alpha value is -2.29. The quantitative estimate of drug-likeness (QED) is 0.764. The van der Waals surface area contributed by atoms with Gasteiger partial charge in [-0.05, 0) is 55.0 Å². The summed E-state index contributed by atoms with van der Waals surface area (Å²) >= 11 is 5.76. The minimum Gasteiger partial charge on any atom is -0.494 e. The van der Waals surface area contributed by atoms with Crippen LogP contribution in [0.15, 0.2) is 58.3 Å². The van der Waals surface area contributed by atoms with Crippen molar-refractivity contribution in [3.05, 3.63) is 64.0 Å². The van der Waals surface area contributed by atoms with Gasteiger partial charge in [0.05, 0.1) is 11.5 Å². The monoisotopic (exact) mass is 347 g/mol. The second kappa shape index (κ2) is 7.32. The first-order chi connectivity index (χ1) is 11.0. The summed E-state index contributed by atoms with van der Waals surface area (Å²) in [5.74, 6) is 0.684. The molecule has 6 heteroatoms. The Morgan fingerprint density at radius 3 is 2.30 bits per heavy atom. The summed E-state index contributed by atoms with van der Waals surface area (Å²) in [6.07, 6.45) is 1.33. The van der Waals surface area contributed by atoms with Crippen molar-refractivity contribution < 1.29 is 13.2 Å². The van der Waals surface area contributed by atoms with Crippen LogP contribution in [0.3, 0.4) is 0 Å². The van der Waals surface area contributed by atoms with Gasteiger partial charge in [-0.15, -0.1) is 0 Å². The van der Waals surface area contributed by atoms with E-state index >= 15 is 0 Å². The normalized spacial score (nSPS) is 11.8. The number of hydrogen-bond donors (Lipinski definition) is 0. The van der Waals surface area contributed by atoms with Crippen molar-refractivity contribution in [2.24, 2.45) is 0 Å². The van der Waals surface area contributed by atoms with E-state index in [1.807, 2.05) is 6.92 Å². The number of sulfone groups is 1. The smallest absolute Gasteiger partial charge is 0.216 e. The summed E-state index contributed by atoms with van der Waals surface area (Å²) in [5.41, 5.74) is 0.600. The molecule has 0 radical (unpaired) electrons. The molecule has 0 spiro atoms. The maximum Gasteiger partial charge on any atom is 0.216 e. The third-order valence-electron chi connectivity index (χ3n) is 3.01. The summed E-state index contributed by atoms with van der Waals surface area (Å²) in [4.78, 5) is -0.301. The molecule has 0 bridgehead atoms. The molecule has 0 heterocycles. The van der Waals surface area contributed by atoms with Crippen LogP contribution in [-0.4, -0.2) is 15.0 Å². The highest BCUT2D eigenvalue weighted by molar-refractivity contribution is 7.95. The van der Waals surface area contributed by atoms with Gasteiger partial charge in [0.15, 0.2) is 0 Å². The van der Waals surface area contributed by atoms with Crippen molar-refractivity contribution in [2.75, 3.05) is 6.61 Å². The molecule has 2 aromatic rings. The molecule has 2 rings (SSSR count). The van der Waals surface area contributed by atoms with Gasteiger partial charge in [-0.3, -0.25) is 0 Å². The summed E-state index contributed by atoms with van der Waals surface area (Å²) < 4.78 is 30.3. The topological polar surface area (TPSA) is 67.2 Å². The largest absolute Gasteiger partial charge is 0.494 e. The van der Waals surface area contributed by atoms with Crippen molar-refractivity contribution in [2.45, 2.75) is 11.8 Å². The van der Waals surface area contributed by atoms with Gasteiger partial charge in [0.2, 0.25) is 9.84 Å². The first-order valence-electron chi connectivity index (χ1n) is 6.82. The molecule has 0 aromatic heterocycles. The lowest BCUT2D eigenvalue weighted by molar-refractivity contribution is 0.340. The second-order valence-corrected chi connectivity index (χ2v) is 6.93. The summed E-state index contributed by atoms with van der Waals surface area (Å²) in [7, 11) is -3.88. The molecule has 0 saturated carbocycles. The molecule has 0 aliphatic heterocycles. The highest BCUT2D eigenvalue weighted by Gasteiger charge is 2.20. The number of ether oxygens (including phenoxy) is 1. The van der Waals surface area contributed by atoms with Gasteiger partial charge in [0, 0.05) is 5.02 Å². The number of nitrogens with zero attached hydrogens (tertiary/aromatic N) is 1. The van der Waals surface area contributed by atoms with Crippen LogP contribution in [0.5, 0.6) is 5.75 Å². The molecule has 23 heavy (non-hydrogen) atoms. The number of rotatable bonds is 5. The van der Waals surface area contributed by atoms with Crippen molar-refractivity contribution in [1.29, 1.82) is 5.26 Å². The Bertz CT molecular complexity index is 848. The number of allylic oxidation sites excluding steroid dienone is 1. The van der Waals surface area contributed by atoms with E-state index in [1.54, 1.807) is 30.3 Å². The first-order valence-corrected chi connectivity index (χ1v) is 8.69. The molecule has 0 aliphatic carbocycles. The van der Waals surface area contributed by atoms with Crippen molar-refractivity contribution >= 4 is 27.5 Å². The maximum atomic E-state index is 12.5. The molecular weight excluding hydrogens is 334 g/mol. The number of benzene rings is 2. The highest BCUT2D eigenvalue weighted by atomic mass is 35.5. The Labute approximate surface area is 140 Å². The van der Waals surface area contributed by atoms with Crippen LogP contribution in [-0.2, 0) is 9.84 Å². The van der Waals surface area contributed by atoms with Gasteiger partial charge in [-0.2, -0.15) is 5.26 Å². The Morgan fingerprint density at radius 1 is 1.17 bits per heavy atom. The fourth-order valence-corrected chi connectivity index (χ4v) is 3.17. The van der Waals surface area contributed by atoms with Crippen molar-refractivity contribution in [3.63, 3.8) is 0 Å². The Kier molecular flexibility index (Phi) is 5.43. The zero-order valence-corrected chi connectivity index (χ0v) is 13.9. The second-order valence-electron chi connectivity index (χ2n) is 4.58. The average Bonchev–Trinajstić information content (AvgIpc) is 2.54. The van der Waals surface area contributed by atoms with Crippen LogP contribution in [0, 0.1) is 11.3 Å². The van der Waals surface area contributed by atoms with E-state index in [1.165, 1.54) is 30.3 Å². The first kappa shape index (κ1) is 17.1. The zero-order chi connectivity index (χ0) is 16.9. The molecule has 0 aliphatic rings. The molecule has 0 amide bonds. The zero-order valence-electron chi connectivity index (χ0n) is 12.4. The van der Waals surface area contributed by atoms with Gasteiger partial charge >= 0.3 is 0 Å². The summed E-state index contributed by atoms with van der Waals surface area (Å²) in [6, 6.07) is 14.3. The fraction of sp³-hybridized carbons (Fsp3) is 0.118. The predicted octanol–water partition coefficient (Wildman–Crippen LogP) is 4.08. The van der Waals surface area contributed by atoms with Crippen LogP contribution in [0.1, 0.15) is 12.5 Å². The summed E-state index contributed by atoms with van der Waals surface area (Å²) in [5, 5.41) is 9.66. The van der Waals surface area contributed by atoms with Crippen LogP contribution < -0.4 is 4.74 Å². The van der Waals surface area contributed by atoms with Crippen LogP contribution >= 0.6 is 11.6 Å².